The summed E-state index contributed by atoms with van der Waals surface area (Å²) in [5.74, 6) is -0.116. The number of carbonyl (C=O) groups is 1. The zero-order valence-electron chi connectivity index (χ0n) is 11.1. The van der Waals surface area contributed by atoms with Gasteiger partial charge >= 0.3 is 0 Å². The van der Waals surface area contributed by atoms with E-state index >= 15 is 0 Å². The summed E-state index contributed by atoms with van der Waals surface area (Å²) < 4.78 is 5.05. The monoisotopic (exact) mass is 250 g/mol. The molecule has 100 valence electrons. The lowest BCUT2D eigenvalue weighted by Gasteiger charge is -2.14. The molecule has 0 radical (unpaired) electrons. The summed E-state index contributed by atoms with van der Waals surface area (Å²) in [6.07, 6.45) is 1.47. The molecule has 0 bridgehead atoms. The Hall–Kier alpha value is -1.39. The summed E-state index contributed by atoms with van der Waals surface area (Å²) in [6.45, 7) is 2.39. The molecule has 0 aliphatic carbocycles. The lowest BCUT2D eigenvalue weighted by atomic mass is 10.1. The fourth-order valence-electron chi connectivity index (χ4n) is 1.56. The van der Waals surface area contributed by atoms with Gasteiger partial charge in [-0.2, -0.15) is 0 Å². The van der Waals surface area contributed by atoms with E-state index in [1.165, 1.54) is 5.56 Å². The highest BCUT2D eigenvalue weighted by Crippen LogP contribution is 2.04. The molecular weight excluding hydrogens is 228 g/mol. The number of nitrogens with one attached hydrogen (secondary N) is 1. The molecule has 0 spiro atoms. The molecule has 1 amide bonds. The first kappa shape index (κ1) is 14.7. The molecule has 4 nitrogen and oxygen atoms in total. The fourth-order valence-corrected chi connectivity index (χ4v) is 1.56. The molecule has 1 unspecified atom stereocenters. The van der Waals surface area contributed by atoms with Crippen LogP contribution in [0, 0.1) is 0 Å². The van der Waals surface area contributed by atoms with E-state index in [2.05, 4.69) is 5.32 Å². The van der Waals surface area contributed by atoms with E-state index in [4.69, 9.17) is 10.5 Å². The van der Waals surface area contributed by atoms with E-state index < -0.39 is 6.04 Å². The molecule has 1 aromatic rings. The van der Waals surface area contributed by atoms with E-state index in [9.17, 15) is 4.79 Å². The number of ether oxygens (including phenoxy) is 1. The topological polar surface area (TPSA) is 64.3 Å². The molecule has 18 heavy (non-hydrogen) atoms. The van der Waals surface area contributed by atoms with E-state index in [-0.39, 0.29) is 12.0 Å². The van der Waals surface area contributed by atoms with E-state index in [0.717, 1.165) is 6.42 Å². The minimum absolute atomic E-state index is 0.00951. The maximum Gasteiger partial charge on any atom is 0.237 e. The minimum atomic E-state index is -0.464. The van der Waals surface area contributed by atoms with E-state index in [0.29, 0.717) is 13.0 Å². The Morgan fingerprint density at radius 3 is 2.67 bits per heavy atom. The number of hydrogen-bond acceptors (Lipinski definition) is 3. The molecule has 1 rings (SSSR count). The Labute approximate surface area is 109 Å². The van der Waals surface area contributed by atoms with Crippen LogP contribution in [-0.4, -0.2) is 31.7 Å². The van der Waals surface area contributed by atoms with Crippen LogP contribution in [0.25, 0.3) is 0 Å². The third-order valence-electron chi connectivity index (χ3n) is 2.89. The number of nitrogens with two attached hydrogens (primary N) is 1. The molecule has 0 saturated carbocycles. The van der Waals surface area contributed by atoms with Gasteiger partial charge in [-0.15, -0.1) is 0 Å². The highest BCUT2D eigenvalue weighted by molar-refractivity contribution is 5.81. The normalized spacial score (nSPS) is 13.9. The van der Waals surface area contributed by atoms with Crippen molar-refractivity contribution < 1.29 is 9.53 Å². The standard InChI is InChI=1S/C14H22N2O2/c1-11(18-2)10-16-14(17)13(15)9-8-12-6-4-3-5-7-12/h3-7,11,13H,8-10,15H2,1-2H3,(H,16,17)/t11?,13-/m0/s1. The minimum Gasteiger partial charge on any atom is -0.380 e. The van der Waals surface area contributed by atoms with Crippen molar-refractivity contribution in [2.45, 2.75) is 31.9 Å². The van der Waals surface area contributed by atoms with Crippen LogP contribution < -0.4 is 11.1 Å². The maximum absolute atomic E-state index is 11.7. The molecule has 0 aliphatic rings. The highest BCUT2D eigenvalue weighted by Gasteiger charge is 2.13. The van der Waals surface area contributed by atoms with Crippen molar-refractivity contribution in [1.82, 2.24) is 5.32 Å². The van der Waals surface area contributed by atoms with Crippen molar-refractivity contribution >= 4 is 5.91 Å². The number of methoxy groups -OCH3 is 1. The largest absolute Gasteiger partial charge is 0.380 e. The SMILES string of the molecule is COC(C)CNC(=O)[C@@H](N)CCc1ccccc1. The van der Waals surface area contributed by atoms with Gasteiger partial charge in [0.05, 0.1) is 12.1 Å². The quantitative estimate of drug-likeness (QED) is 0.761. The summed E-state index contributed by atoms with van der Waals surface area (Å²) in [6, 6.07) is 9.56. The van der Waals surface area contributed by atoms with Gasteiger partial charge in [0.2, 0.25) is 5.91 Å². The third-order valence-corrected chi connectivity index (χ3v) is 2.89. The van der Waals surface area contributed by atoms with Gasteiger partial charge in [-0.1, -0.05) is 30.3 Å². The molecule has 0 aromatic heterocycles. The molecule has 0 saturated heterocycles. The number of aryl methyl sites for hydroxylation is 1. The lowest BCUT2D eigenvalue weighted by Crippen LogP contribution is -2.43. The molecule has 1 aromatic carbocycles. The number of rotatable bonds is 7. The van der Waals surface area contributed by atoms with Gasteiger partial charge in [-0.05, 0) is 25.3 Å². The van der Waals surface area contributed by atoms with Crippen LogP contribution in [0.15, 0.2) is 30.3 Å². The number of benzene rings is 1. The fraction of sp³-hybridized carbons (Fsp3) is 0.500. The van der Waals surface area contributed by atoms with Crippen molar-refractivity contribution in [3.8, 4) is 0 Å². The maximum atomic E-state index is 11.7. The molecular formula is C14H22N2O2. The van der Waals surface area contributed by atoms with Crippen molar-refractivity contribution in [2.24, 2.45) is 5.73 Å². The predicted molar refractivity (Wildman–Crippen MR) is 72.2 cm³/mol. The highest BCUT2D eigenvalue weighted by atomic mass is 16.5. The molecule has 0 aliphatic heterocycles. The van der Waals surface area contributed by atoms with Gasteiger partial charge in [-0.3, -0.25) is 4.79 Å². The Balaban J connectivity index is 2.27. The van der Waals surface area contributed by atoms with Gasteiger partial charge in [0, 0.05) is 13.7 Å². The summed E-state index contributed by atoms with van der Waals surface area (Å²) >= 11 is 0. The number of carbonyl (C=O) groups excluding carboxylic acids is 1. The van der Waals surface area contributed by atoms with Crippen molar-refractivity contribution in [3.05, 3.63) is 35.9 Å². The molecule has 2 atom stereocenters. The Bertz CT molecular complexity index is 354. The average molecular weight is 250 g/mol. The molecule has 3 N–H and O–H groups in total. The van der Waals surface area contributed by atoms with Gasteiger partial charge < -0.3 is 15.8 Å². The van der Waals surface area contributed by atoms with Gasteiger partial charge in [-0.25, -0.2) is 0 Å². The van der Waals surface area contributed by atoms with Crippen molar-refractivity contribution in [1.29, 1.82) is 0 Å². The Morgan fingerprint density at radius 1 is 1.39 bits per heavy atom. The van der Waals surface area contributed by atoms with Crippen LogP contribution in [0.1, 0.15) is 18.9 Å². The number of amides is 1. The van der Waals surface area contributed by atoms with Gasteiger partial charge in [0.25, 0.3) is 0 Å². The summed E-state index contributed by atoms with van der Waals surface area (Å²) in [5.41, 5.74) is 7.04. The summed E-state index contributed by atoms with van der Waals surface area (Å²) in [7, 11) is 1.62. The van der Waals surface area contributed by atoms with E-state index in [1.54, 1.807) is 7.11 Å². The van der Waals surface area contributed by atoms with Crippen LogP contribution in [0.3, 0.4) is 0 Å². The summed E-state index contributed by atoms with van der Waals surface area (Å²) in [4.78, 5) is 11.7. The van der Waals surface area contributed by atoms with Crippen LogP contribution in [0.5, 0.6) is 0 Å². The van der Waals surface area contributed by atoms with Gasteiger partial charge in [0.1, 0.15) is 0 Å². The second-order valence-corrected chi connectivity index (χ2v) is 4.42. The third kappa shape index (κ3) is 5.29. The Kier molecular flexibility index (Phi) is 6.39. The second kappa shape index (κ2) is 7.84. The number of hydrogen-bond donors (Lipinski definition) is 2. The van der Waals surface area contributed by atoms with Crippen LogP contribution in [0.2, 0.25) is 0 Å². The van der Waals surface area contributed by atoms with Crippen LogP contribution >= 0.6 is 0 Å². The lowest BCUT2D eigenvalue weighted by molar-refractivity contribution is -0.123. The first-order valence-corrected chi connectivity index (χ1v) is 6.23. The second-order valence-electron chi connectivity index (χ2n) is 4.42. The Morgan fingerprint density at radius 2 is 2.06 bits per heavy atom. The molecule has 0 heterocycles. The van der Waals surface area contributed by atoms with Crippen LogP contribution in [-0.2, 0) is 16.0 Å². The van der Waals surface area contributed by atoms with E-state index in [1.807, 2.05) is 37.3 Å². The van der Waals surface area contributed by atoms with Crippen molar-refractivity contribution in [3.63, 3.8) is 0 Å². The predicted octanol–water partition coefficient (Wildman–Crippen LogP) is 1.10. The zero-order valence-corrected chi connectivity index (χ0v) is 11.1. The molecule has 0 fully saturated rings. The first-order chi connectivity index (χ1) is 8.63. The molecule has 4 heteroatoms. The van der Waals surface area contributed by atoms with Crippen molar-refractivity contribution in [2.75, 3.05) is 13.7 Å². The van der Waals surface area contributed by atoms with Crippen LogP contribution in [0.4, 0.5) is 0 Å². The average Bonchev–Trinajstić information content (AvgIpc) is 2.42. The zero-order chi connectivity index (χ0) is 13.4. The smallest absolute Gasteiger partial charge is 0.237 e. The van der Waals surface area contributed by atoms with Gasteiger partial charge in [0.15, 0.2) is 0 Å². The summed E-state index contributed by atoms with van der Waals surface area (Å²) in [5, 5.41) is 2.78. The first-order valence-electron chi connectivity index (χ1n) is 6.23.